The number of amides is 1. The average molecular weight is 335 g/mol. The van der Waals surface area contributed by atoms with E-state index in [4.69, 9.17) is 4.74 Å². The third-order valence-electron chi connectivity index (χ3n) is 5.80. The van der Waals surface area contributed by atoms with Crippen molar-refractivity contribution in [3.05, 3.63) is 0 Å². The largest absolute Gasteiger partial charge is 0.391 e. The summed E-state index contributed by atoms with van der Waals surface area (Å²) < 4.78 is 44.5. The number of alkyl halides is 3. The van der Waals surface area contributed by atoms with Gasteiger partial charge in [0.1, 0.15) is 0 Å². The van der Waals surface area contributed by atoms with Crippen LogP contribution in [0, 0.1) is 17.3 Å². The van der Waals surface area contributed by atoms with E-state index in [9.17, 15) is 18.0 Å². The lowest BCUT2D eigenvalue weighted by molar-refractivity contribution is -0.190. The van der Waals surface area contributed by atoms with E-state index in [1.807, 2.05) is 6.92 Å². The molecule has 6 heteroatoms. The Kier molecular flexibility index (Phi) is 5.34. The minimum atomic E-state index is -4.19. The summed E-state index contributed by atoms with van der Waals surface area (Å²) in [6.45, 7) is 6.70. The summed E-state index contributed by atoms with van der Waals surface area (Å²) in [5, 5.41) is 0. The van der Waals surface area contributed by atoms with E-state index in [0.29, 0.717) is 19.4 Å². The third-order valence-corrected chi connectivity index (χ3v) is 5.80. The Hall–Kier alpha value is -0.780. The zero-order chi connectivity index (χ0) is 17.4. The summed E-state index contributed by atoms with van der Waals surface area (Å²) in [6, 6.07) is 0.0396. The molecule has 0 aromatic rings. The first-order chi connectivity index (χ1) is 10.6. The SMILES string of the molecule is CCOC1CC(N(C)C(=O)C2CCCC(C(F)(F)F)C2)C1(C)C. The van der Waals surface area contributed by atoms with Gasteiger partial charge in [0, 0.05) is 31.0 Å². The summed E-state index contributed by atoms with van der Waals surface area (Å²) in [6.07, 6.45) is -2.18. The van der Waals surface area contributed by atoms with Crippen LogP contribution in [0.1, 0.15) is 52.9 Å². The number of hydrogen-bond donors (Lipinski definition) is 0. The summed E-state index contributed by atoms with van der Waals surface area (Å²) in [5.41, 5.74) is -0.154. The van der Waals surface area contributed by atoms with E-state index < -0.39 is 18.0 Å². The second-order valence-electron chi connectivity index (χ2n) is 7.57. The van der Waals surface area contributed by atoms with Crippen molar-refractivity contribution in [1.29, 1.82) is 0 Å². The van der Waals surface area contributed by atoms with Gasteiger partial charge in [0.05, 0.1) is 12.0 Å². The molecular weight excluding hydrogens is 307 g/mol. The van der Waals surface area contributed by atoms with E-state index in [2.05, 4.69) is 13.8 Å². The summed E-state index contributed by atoms with van der Waals surface area (Å²) in [5.74, 6) is -1.96. The fraction of sp³-hybridized carbons (Fsp3) is 0.941. The number of rotatable bonds is 4. The Morgan fingerprint density at radius 1 is 1.26 bits per heavy atom. The van der Waals surface area contributed by atoms with Crippen LogP contribution in [0.4, 0.5) is 13.2 Å². The number of carbonyl (C=O) groups excluding carboxylic acids is 1. The highest BCUT2D eigenvalue weighted by Gasteiger charge is 2.53. The molecule has 0 aromatic heterocycles. The lowest BCUT2D eigenvalue weighted by Crippen LogP contribution is -2.63. The fourth-order valence-electron chi connectivity index (χ4n) is 4.16. The number of ether oxygens (including phenoxy) is 1. The van der Waals surface area contributed by atoms with Crippen molar-refractivity contribution < 1.29 is 22.7 Å². The van der Waals surface area contributed by atoms with Crippen LogP contribution in [0.15, 0.2) is 0 Å². The molecule has 2 fully saturated rings. The van der Waals surface area contributed by atoms with Crippen LogP contribution in [0.5, 0.6) is 0 Å². The molecule has 0 N–H and O–H groups in total. The molecule has 0 spiro atoms. The van der Waals surface area contributed by atoms with Gasteiger partial charge in [0.25, 0.3) is 0 Å². The van der Waals surface area contributed by atoms with Gasteiger partial charge < -0.3 is 9.64 Å². The second-order valence-corrected chi connectivity index (χ2v) is 7.57. The zero-order valence-corrected chi connectivity index (χ0v) is 14.4. The van der Waals surface area contributed by atoms with Crippen molar-refractivity contribution in [1.82, 2.24) is 4.90 Å². The Bertz CT molecular complexity index is 436. The maximum absolute atomic E-state index is 12.9. The van der Waals surface area contributed by atoms with Crippen LogP contribution in [0.3, 0.4) is 0 Å². The first-order valence-electron chi connectivity index (χ1n) is 8.54. The molecule has 2 aliphatic rings. The molecule has 0 saturated heterocycles. The molecule has 3 nitrogen and oxygen atoms in total. The molecule has 23 heavy (non-hydrogen) atoms. The summed E-state index contributed by atoms with van der Waals surface area (Å²) in [4.78, 5) is 14.4. The van der Waals surface area contributed by atoms with Gasteiger partial charge in [-0.1, -0.05) is 20.3 Å². The molecule has 0 bridgehead atoms. The van der Waals surface area contributed by atoms with Crippen LogP contribution in [0.2, 0.25) is 0 Å². The van der Waals surface area contributed by atoms with E-state index in [-0.39, 0.29) is 36.3 Å². The molecule has 0 radical (unpaired) electrons. The van der Waals surface area contributed by atoms with Crippen molar-refractivity contribution in [2.45, 2.75) is 71.2 Å². The zero-order valence-electron chi connectivity index (χ0n) is 14.4. The number of hydrogen-bond acceptors (Lipinski definition) is 2. The van der Waals surface area contributed by atoms with Gasteiger partial charge in [-0.25, -0.2) is 0 Å². The number of carbonyl (C=O) groups is 1. The van der Waals surface area contributed by atoms with Crippen LogP contribution in [-0.2, 0) is 9.53 Å². The van der Waals surface area contributed by atoms with Gasteiger partial charge in [-0.05, 0) is 32.6 Å². The first-order valence-corrected chi connectivity index (χ1v) is 8.54. The van der Waals surface area contributed by atoms with Gasteiger partial charge in [-0.2, -0.15) is 13.2 Å². The van der Waals surface area contributed by atoms with Crippen LogP contribution in [0.25, 0.3) is 0 Å². The molecule has 2 saturated carbocycles. The molecular formula is C17H28F3NO2. The van der Waals surface area contributed by atoms with Crippen molar-refractivity contribution >= 4 is 5.91 Å². The molecule has 4 atom stereocenters. The van der Waals surface area contributed by atoms with E-state index in [0.717, 1.165) is 6.42 Å². The molecule has 0 heterocycles. The van der Waals surface area contributed by atoms with Gasteiger partial charge in [-0.15, -0.1) is 0 Å². The fourth-order valence-corrected chi connectivity index (χ4v) is 4.16. The maximum Gasteiger partial charge on any atom is 0.391 e. The van der Waals surface area contributed by atoms with Gasteiger partial charge >= 0.3 is 6.18 Å². The quantitative estimate of drug-likeness (QED) is 0.777. The highest BCUT2D eigenvalue weighted by atomic mass is 19.4. The average Bonchev–Trinajstić information content (AvgIpc) is 2.49. The van der Waals surface area contributed by atoms with Crippen LogP contribution < -0.4 is 0 Å². The predicted molar refractivity (Wildman–Crippen MR) is 81.9 cm³/mol. The van der Waals surface area contributed by atoms with Crippen molar-refractivity contribution in [2.24, 2.45) is 17.3 Å². The minimum absolute atomic E-state index is 0.0396. The standard InChI is InChI=1S/C17H28F3NO2/c1-5-23-14-10-13(16(14,2)3)21(4)15(22)11-7-6-8-12(9-11)17(18,19)20/h11-14H,5-10H2,1-4H3. The van der Waals surface area contributed by atoms with Crippen LogP contribution in [-0.4, -0.2) is 42.8 Å². The highest BCUT2D eigenvalue weighted by molar-refractivity contribution is 5.79. The van der Waals surface area contributed by atoms with Crippen molar-refractivity contribution in [2.75, 3.05) is 13.7 Å². The monoisotopic (exact) mass is 335 g/mol. The Morgan fingerprint density at radius 2 is 1.91 bits per heavy atom. The third kappa shape index (κ3) is 3.67. The first kappa shape index (κ1) is 18.6. The summed E-state index contributed by atoms with van der Waals surface area (Å²) in [7, 11) is 1.73. The molecule has 0 aliphatic heterocycles. The highest BCUT2D eigenvalue weighted by Crippen LogP contribution is 2.47. The number of halogens is 3. The second kappa shape index (κ2) is 6.61. The lowest BCUT2D eigenvalue weighted by Gasteiger charge is -2.55. The summed E-state index contributed by atoms with van der Waals surface area (Å²) >= 11 is 0. The van der Waals surface area contributed by atoms with Gasteiger partial charge in [0.15, 0.2) is 0 Å². The molecule has 0 aromatic carbocycles. The van der Waals surface area contributed by atoms with Crippen molar-refractivity contribution in [3.63, 3.8) is 0 Å². The van der Waals surface area contributed by atoms with E-state index in [1.165, 1.54) is 0 Å². The Labute approximate surface area is 136 Å². The Morgan fingerprint density at radius 3 is 2.43 bits per heavy atom. The predicted octanol–water partition coefficient (Wildman–Crippen LogP) is 4.02. The minimum Gasteiger partial charge on any atom is -0.378 e. The van der Waals surface area contributed by atoms with E-state index in [1.54, 1.807) is 11.9 Å². The topological polar surface area (TPSA) is 29.5 Å². The molecule has 2 rings (SSSR count). The normalized spacial score (nSPS) is 33.9. The van der Waals surface area contributed by atoms with E-state index >= 15 is 0 Å². The number of nitrogens with zero attached hydrogens (tertiary/aromatic N) is 1. The smallest absolute Gasteiger partial charge is 0.378 e. The van der Waals surface area contributed by atoms with Gasteiger partial charge in [0.2, 0.25) is 5.91 Å². The van der Waals surface area contributed by atoms with Gasteiger partial charge in [-0.3, -0.25) is 4.79 Å². The molecule has 134 valence electrons. The van der Waals surface area contributed by atoms with Crippen LogP contribution >= 0.6 is 0 Å². The lowest BCUT2D eigenvalue weighted by atomic mass is 9.63. The molecule has 4 unspecified atom stereocenters. The van der Waals surface area contributed by atoms with Crippen molar-refractivity contribution in [3.8, 4) is 0 Å². The Balaban J connectivity index is 1.98. The molecule has 2 aliphatic carbocycles. The maximum atomic E-state index is 12.9. The molecule has 1 amide bonds.